The minimum Gasteiger partial charge on any atom is -0.481 e. The predicted molar refractivity (Wildman–Crippen MR) is 102 cm³/mol. The Bertz CT molecular complexity index is 819. The van der Waals surface area contributed by atoms with Crippen molar-refractivity contribution < 1.29 is 24.2 Å². The van der Waals surface area contributed by atoms with Crippen molar-refractivity contribution >= 4 is 23.8 Å². The fourth-order valence-electron chi connectivity index (χ4n) is 2.69. The zero-order chi connectivity index (χ0) is 20.5. The predicted octanol–water partition coefficient (Wildman–Crippen LogP) is 2.19. The minimum absolute atomic E-state index is 0.0740. The Morgan fingerprint density at radius 1 is 1.25 bits per heavy atom. The van der Waals surface area contributed by atoms with Crippen molar-refractivity contribution in [2.45, 2.75) is 32.2 Å². The summed E-state index contributed by atoms with van der Waals surface area (Å²) in [5, 5.41) is 18.3. The van der Waals surface area contributed by atoms with Crippen molar-refractivity contribution in [3.8, 4) is 0 Å². The number of nitrogens with one attached hydrogen (secondary N) is 2. The molecule has 0 aliphatic carbocycles. The molecule has 9 nitrogen and oxygen atoms in total. The maximum Gasteiger partial charge on any atom is 0.343 e. The van der Waals surface area contributed by atoms with Crippen LogP contribution in [0, 0.1) is 0 Å². The maximum absolute atomic E-state index is 12.4. The average Bonchev–Trinajstić information content (AvgIpc) is 3.01. The zero-order valence-electron chi connectivity index (χ0n) is 15.8. The number of hydrogen-bond acceptors (Lipinski definition) is 5. The molecule has 0 saturated carbocycles. The molecule has 2 aromatic rings. The number of carboxylic acid groups (broad SMARTS) is 1. The number of carboxylic acids is 1. The Morgan fingerprint density at radius 3 is 2.61 bits per heavy atom. The lowest BCUT2D eigenvalue weighted by molar-refractivity contribution is -0.137. The van der Waals surface area contributed by atoms with Gasteiger partial charge in [-0.25, -0.2) is 9.59 Å². The van der Waals surface area contributed by atoms with Crippen LogP contribution in [0.5, 0.6) is 0 Å². The SMILES string of the molecule is CCOC(=O)c1cn(C)nc1NC(=O)NC(CCC(=O)O)Cc1ccccc1. The first-order valence-corrected chi connectivity index (χ1v) is 8.93. The Morgan fingerprint density at radius 2 is 1.96 bits per heavy atom. The molecule has 0 bridgehead atoms. The van der Waals surface area contributed by atoms with E-state index in [1.54, 1.807) is 14.0 Å². The summed E-state index contributed by atoms with van der Waals surface area (Å²) in [6, 6.07) is 8.49. The molecule has 3 N–H and O–H groups in total. The molecule has 0 fully saturated rings. The number of carbonyl (C=O) groups is 3. The van der Waals surface area contributed by atoms with Crippen LogP contribution in [0.3, 0.4) is 0 Å². The van der Waals surface area contributed by atoms with Crippen LogP contribution in [0.1, 0.15) is 35.7 Å². The van der Waals surface area contributed by atoms with E-state index in [2.05, 4.69) is 15.7 Å². The van der Waals surface area contributed by atoms with Crippen molar-refractivity contribution in [3.05, 3.63) is 47.7 Å². The van der Waals surface area contributed by atoms with Crippen LogP contribution in [-0.2, 0) is 23.0 Å². The van der Waals surface area contributed by atoms with Crippen molar-refractivity contribution in [2.75, 3.05) is 11.9 Å². The van der Waals surface area contributed by atoms with Gasteiger partial charge < -0.3 is 15.2 Å². The molecule has 28 heavy (non-hydrogen) atoms. The summed E-state index contributed by atoms with van der Waals surface area (Å²) in [4.78, 5) is 35.3. The number of anilines is 1. The molecule has 0 radical (unpaired) electrons. The molecular weight excluding hydrogens is 364 g/mol. The van der Waals surface area contributed by atoms with Crippen molar-refractivity contribution in [1.29, 1.82) is 0 Å². The number of ether oxygens (including phenoxy) is 1. The highest BCUT2D eigenvalue weighted by molar-refractivity contribution is 5.99. The van der Waals surface area contributed by atoms with Gasteiger partial charge in [-0.05, 0) is 25.3 Å². The van der Waals surface area contributed by atoms with Crippen molar-refractivity contribution in [2.24, 2.45) is 7.05 Å². The number of esters is 1. The van der Waals surface area contributed by atoms with E-state index in [1.807, 2.05) is 30.3 Å². The van der Waals surface area contributed by atoms with Crippen LogP contribution in [-0.4, -0.2) is 45.5 Å². The Balaban J connectivity index is 2.06. The van der Waals surface area contributed by atoms with E-state index in [-0.39, 0.29) is 30.8 Å². The molecule has 9 heteroatoms. The largest absolute Gasteiger partial charge is 0.481 e. The van der Waals surface area contributed by atoms with Gasteiger partial charge in [0, 0.05) is 25.7 Å². The van der Waals surface area contributed by atoms with Crippen LogP contribution in [0.25, 0.3) is 0 Å². The summed E-state index contributed by atoms with van der Waals surface area (Å²) in [7, 11) is 1.62. The van der Waals surface area contributed by atoms with Crippen LogP contribution >= 0.6 is 0 Å². The van der Waals surface area contributed by atoms with Gasteiger partial charge in [-0.2, -0.15) is 5.10 Å². The lowest BCUT2D eigenvalue weighted by atomic mass is 10.0. The van der Waals surface area contributed by atoms with E-state index >= 15 is 0 Å². The third kappa shape index (κ3) is 6.42. The minimum atomic E-state index is -0.936. The molecule has 2 rings (SSSR count). The highest BCUT2D eigenvalue weighted by atomic mass is 16.5. The molecule has 150 valence electrons. The Hall–Kier alpha value is -3.36. The molecule has 1 heterocycles. The van der Waals surface area contributed by atoms with Gasteiger partial charge in [0.2, 0.25) is 0 Å². The number of nitrogens with zero attached hydrogens (tertiary/aromatic N) is 2. The van der Waals surface area contributed by atoms with Gasteiger partial charge >= 0.3 is 18.0 Å². The lowest BCUT2D eigenvalue weighted by Gasteiger charge is -2.18. The molecule has 1 aromatic heterocycles. The molecular formula is C19H24N4O5. The third-order valence-electron chi connectivity index (χ3n) is 3.92. The summed E-state index contributed by atoms with van der Waals surface area (Å²) in [6.45, 7) is 1.89. The second-order valence-corrected chi connectivity index (χ2v) is 6.20. The number of benzene rings is 1. The fraction of sp³-hybridized carbons (Fsp3) is 0.368. The van der Waals surface area contributed by atoms with Gasteiger partial charge in [-0.1, -0.05) is 30.3 Å². The van der Waals surface area contributed by atoms with E-state index in [4.69, 9.17) is 9.84 Å². The first kappa shape index (κ1) is 20.9. The normalized spacial score (nSPS) is 11.5. The second kappa shape index (κ2) is 10.1. The number of aromatic nitrogens is 2. The lowest BCUT2D eigenvalue weighted by Crippen LogP contribution is -2.40. The van der Waals surface area contributed by atoms with Gasteiger partial charge in [-0.3, -0.25) is 14.8 Å². The van der Waals surface area contributed by atoms with Gasteiger partial charge in [0.15, 0.2) is 5.82 Å². The van der Waals surface area contributed by atoms with Crippen molar-refractivity contribution in [1.82, 2.24) is 15.1 Å². The van der Waals surface area contributed by atoms with E-state index < -0.39 is 24.0 Å². The molecule has 1 atom stereocenters. The number of aryl methyl sites for hydroxylation is 1. The van der Waals surface area contributed by atoms with Gasteiger partial charge in [-0.15, -0.1) is 0 Å². The Labute approximate surface area is 162 Å². The van der Waals surface area contributed by atoms with E-state index in [1.165, 1.54) is 10.9 Å². The molecule has 0 aliphatic rings. The van der Waals surface area contributed by atoms with E-state index in [0.717, 1.165) is 5.56 Å². The number of rotatable bonds is 9. The number of urea groups is 1. The summed E-state index contributed by atoms with van der Waals surface area (Å²) < 4.78 is 6.36. The number of amides is 2. The monoisotopic (exact) mass is 388 g/mol. The summed E-state index contributed by atoms with van der Waals surface area (Å²) in [5.41, 5.74) is 1.12. The summed E-state index contributed by atoms with van der Waals surface area (Å²) in [6.07, 6.45) is 2.13. The highest BCUT2D eigenvalue weighted by Crippen LogP contribution is 2.14. The molecule has 2 amide bonds. The zero-order valence-corrected chi connectivity index (χ0v) is 15.8. The molecule has 0 spiro atoms. The standard InChI is InChI=1S/C19H24N4O5/c1-3-28-18(26)15-12-23(2)22-17(15)21-19(27)20-14(9-10-16(24)25)11-13-7-5-4-6-8-13/h4-8,12,14H,3,9-11H2,1-2H3,(H,24,25)(H2,20,21,22,27). The third-order valence-corrected chi connectivity index (χ3v) is 3.92. The average molecular weight is 388 g/mol. The van der Waals surface area contributed by atoms with Crippen LogP contribution < -0.4 is 10.6 Å². The van der Waals surface area contributed by atoms with Gasteiger partial charge in [0.25, 0.3) is 0 Å². The van der Waals surface area contributed by atoms with Crippen LogP contribution in [0.15, 0.2) is 36.5 Å². The van der Waals surface area contributed by atoms with E-state index in [0.29, 0.717) is 6.42 Å². The molecule has 0 aliphatic heterocycles. The number of aliphatic carboxylic acids is 1. The highest BCUT2D eigenvalue weighted by Gasteiger charge is 2.20. The van der Waals surface area contributed by atoms with Gasteiger partial charge in [0.05, 0.1) is 6.61 Å². The quantitative estimate of drug-likeness (QED) is 0.566. The topological polar surface area (TPSA) is 123 Å². The van der Waals surface area contributed by atoms with Crippen LogP contribution in [0.4, 0.5) is 10.6 Å². The smallest absolute Gasteiger partial charge is 0.343 e. The first-order valence-electron chi connectivity index (χ1n) is 8.93. The summed E-state index contributed by atoms with van der Waals surface area (Å²) in [5.74, 6) is -1.44. The van der Waals surface area contributed by atoms with E-state index in [9.17, 15) is 14.4 Å². The van der Waals surface area contributed by atoms with Gasteiger partial charge in [0.1, 0.15) is 5.56 Å². The Kier molecular flexibility index (Phi) is 7.55. The van der Waals surface area contributed by atoms with Crippen molar-refractivity contribution in [3.63, 3.8) is 0 Å². The fourth-order valence-corrected chi connectivity index (χ4v) is 2.69. The van der Waals surface area contributed by atoms with Crippen LogP contribution in [0.2, 0.25) is 0 Å². The second-order valence-electron chi connectivity index (χ2n) is 6.20. The molecule has 1 aromatic carbocycles. The molecule has 0 saturated heterocycles. The maximum atomic E-state index is 12.4. The number of carbonyl (C=O) groups excluding carboxylic acids is 2. The molecule has 1 unspecified atom stereocenters. The first-order chi connectivity index (χ1) is 13.4. The summed E-state index contributed by atoms with van der Waals surface area (Å²) >= 11 is 0. The number of hydrogen-bond donors (Lipinski definition) is 3.